The Morgan fingerprint density at radius 3 is 1.93 bits per heavy atom. The SMILES string of the molecule is COc1ccc(OC)c(C(C)NCCC(c2ccccc2)c2ccccc2)c1. The van der Waals surface area contributed by atoms with Gasteiger partial charge in [-0.3, -0.25) is 0 Å². The van der Waals surface area contributed by atoms with Crippen LogP contribution in [0.3, 0.4) is 0 Å². The Labute approximate surface area is 168 Å². The lowest BCUT2D eigenvalue weighted by atomic mass is 9.88. The predicted octanol–water partition coefficient (Wildman–Crippen LogP) is 5.58. The zero-order valence-electron chi connectivity index (χ0n) is 16.9. The summed E-state index contributed by atoms with van der Waals surface area (Å²) in [6.45, 7) is 3.06. The molecule has 1 unspecified atom stereocenters. The third kappa shape index (κ3) is 4.93. The minimum atomic E-state index is 0.164. The number of ether oxygens (including phenoxy) is 2. The Morgan fingerprint density at radius 2 is 1.39 bits per heavy atom. The molecule has 3 aromatic rings. The molecule has 3 aromatic carbocycles. The second-order valence-corrected chi connectivity index (χ2v) is 6.95. The van der Waals surface area contributed by atoms with E-state index in [1.165, 1.54) is 11.1 Å². The van der Waals surface area contributed by atoms with Crippen LogP contribution in [0.25, 0.3) is 0 Å². The second kappa shape index (κ2) is 9.95. The zero-order valence-corrected chi connectivity index (χ0v) is 16.9. The summed E-state index contributed by atoms with van der Waals surface area (Å²) in [7, 11) is 3.40. The largest absolute Gasteiger partial charge is 0.497 e. The Bertz CT molecular complexity index is 809. The average molecular weight is 376 g/mol. The number of nitrogens with one attached hydrogen (secondary N) is 1. The highest BCUT2D eigenvalue weighted by Crippen LogP contribution is 2.30. The third-order valence-electron chi connectivity index (χ3n) is 5.19. The molecule has 0 aliphatic heterocycles. The standard InChI is InChI=1S/C25H29NO2/c1-19(24-18-22(27-2)14-15-25(24)28-3)26-17-16-23(20-10-6-4-7-11-20)21-12-8-5-9-13-21/h4-15,18-19,23,26H,16-17H2,1-3H3. The van der Waals surface area contributed by atoms with Crippen molar-refractivity contribution in [3.8, 4) is 11.5 Å². The molecule has 0 bridgehead atoms. The first-order chi connectivity index (χ1) is 13.7. The van der Waals surface area contributed by atoms with Gasteiger partial charge in [-0.05, 0) is 49.2 Å². The lowest BCUT2D eigenvalue weighted by Crippen LogP contribution is -2.22. The number of rotatable bonds is 9. The molecule has 3 nitrogen and oxygen atoms in total. The lowest BCUT2D eigenvalue weighted by Gasteiger charge is -2.22. The molecule has 0 heterocycles. The first-order valence-corrected chi connectivity index (χ1v) is 9.78. The zero-order chi connectivity index (χ0) is 19.8. The molecule has 1 atom stereocenters. The maximum absolute atomic E-state index is 5.54. The van der Waals surface area contributed by atoms with E-state index in [0.717, 1.165) is 30.0 Å². The van der Waals surface area contributed by atoms with E-state index in [2.05, 4.69) is 72.9 Å². The minimum Gasteiger partial charge on any atom is -0.497 e. The summed E-state index contributed by atoms with van der Waals surface area (Å²) in [6.07, 6.45) is 1.02. The Hall–Kier alpha value is -2.78. The van der Waals surface area contributed by atoms with Gasteiger partial charge in [0.05, 0.1) is 14.2 Å². The fourth-order valence-corrected chi connectivity index (χ4v) is 3.63. The smallest absolute Gasteiger partial charge is 0.123 e. The van der Waals surface area contributed by atoms with E-state index >= 15 is 0 Å². The van der Waals surface area contributed by atoms with Crippen molar-refractivity contribution in [2.24, 2.45) is 0 Å². The molecule has 0 aliphatic rings. The molecule has 0 amide bonds. The van der Waals surface area contributed by atoms with Gasteiger partial charge in [-0.15, -0.1) is 0 Å². The van der Waals surface area contributed by atoms with Crippen LogP contribution >= 0.6 is 0 Å². The van der Waals surface area contributed by atoms with Gasteiger partial charge in [0.1, 0.15) is 11.5 Å². The normalized spacial score (nSPS) is 12.0. The number of methoxy groups -OCH3 is 2. The van der Waals surface area contributed by atoms with Crippen LogP contribution in [0.1, 0.15) is 42.0 Å². The Balaban J connectivity index is 1.71. The van der Waals surface area contributed by atoms with E-state index in [9.17, 15) is 0 Å². The maximum atomic E-state index is 5.54. The van der Waals surface area contributed by atoms with Crippen molar-refractivity contribution in [1.82, 2.24) is 5.32 Å². The number of hydrogen-bond acceptors (Lipinski definition) is 3. The minimum absolute atomic E-state index is 0.164. The summed E-state index contributed by atoms with van der Waals surface area (Å²) in [5.41, 5.74) is 3.81. The van der Waals surface area contributed by atoms with Gasteiger partial charge in [0, 0.05) is 17.5 Å². The van der Waals surface area contributed by atoms with Gasteiger partial charge >= 0.3 is 0 Å². The van der Waals surface area contributed by atoms with E-state index in [1.807, 2.05) is 18.2 Å². The van der Waals surface area contributed by atoms with Crippen LogP contribution in [0.4, 0.5) is 0 Å². The van der Waals surface area contributed by atoms with Gasteiger partial charge in [0.25, 0.3) is 0 Å². The van der Waals surface area contributed by atoms with Gasteiger partial charge < -0.3 is 14.8 Å². The Morgan fingerprint density at radius 1 is 0.786 bits per heavy atom. The van der Waals surface area contributed by atoms with Gasteiger partial charge in [0.2, 0.25) is 0 Å². The van der Waals surface area contributed by atoms with Crippen molar-refractivity contribution in [1.29, 1.82) is 0 Å². The molecule has 1 N–H and O–H groups in total. The fourth-order valence-electron chi connectivity index (χ4n) is 3.63. The van der Waals surface area contributed by atoms with E-state index in [0.29, 0.717) is 5.92 Å². The molecule has 3 rings (SSSR count). The molecular weight excluding hydrogens is 346 g/mol. The highest BCUT2D eigenvalue weighted by atomic mass is 16.5. The monoisotopic (exact) mass is 375 g/mol. The van der Waals surface area contributed by atoms with Crippen LogP contribution in [0.15, 0.2) is 78.9 Å². The first-order valence-electron chi connectivity index (χ1n) is 9.78. The van der Waals surface area contributed by atoms with Gasteiger partial charge in [0.15, 0.2) is 0 Å². The van der Waals surface area contributed by atoms with Crippen LogP contribution < -0.4 is 14.8 Å². The van der Waals surface area contributed by atoms with Gasteiger partial charge in [-0.25, -0.2) is 0 Å². The summed E-state index contributed by atoms with van der Waals surface area (Å²) in [5, 5.41) is 3.66. The van der Waals surface area contributed by atoms with Crippen LogP contribution in [-0.2, 0) is 0 Å². The lowest BCUT2D eigenvalue weighted by molar-refractivity contribution is 0.391. The van der Waals surface area contributed by atoms with Crippen LogP contribution in [-0.4, -0.2) is 20.8 Å². The molecule has 0 radical (unpaired) electrons. The maximum Gasteiger partial charge on any atom is 0.123 e. The van der Waals surface area contributed by atoms with Gasteiger partial charge in [-0.1, -0.05) is 60.7 Å². The quantitative estimate of drug-likeness (QED) is 0.530. The van der Waals surface area contributed by atoms with E-state index in [4.69, 9.17) is 9.47 Å². The average Bonchev–Trinajstić information content (AvgIpc) is 2.77. The van der Waals surface area contributed by atoms with Crippen LogP contribution in [0.5, 0.6) is 11.5 Å². The molecule has 0 aliphatic carbocycles. The topological polar surface area (TPSA) is 30.5 Å². The summed E-state index contributed by atoms with van der Waals surface area (Å²) >= 11 is 0. The molecule has 0 fully saturated rings. The van der Waals surface area contributed by atoms with Crippen molar-refractivity contribution in [2.75, 3.05) is 20.8 Å². The van der Waals surface area contributed by atoms with E-state index in [-0.39, 0.29) is 6.04 Å². The summed E-state index contributed by atoms with van der Waals surface area (Å²) < 4.78 is 10.9. The molecule has 3 heteroatoms. The summed E-state index contributed by atoms with van der Waals surface area (Å²) in [6, 6.07) is 27.5. The molecule has 146 valence electrons. The summed E-state index contributed by atoms with van der Waals surface area (Å²) in [5.74, 6) is 2.09. The first kappa shape index (κ1) is 20.0. The second-order valence-electron chi connectivity index (χ2n) is 6.95. The molecule has 0 saturated heterocycles. The van der Waals surface area contributed by atoms with Crippen LogP contribution in [0, 0.1) is 0 Å². The molecule has 0 spiro atoms. The van der Waals surface area contributed by atoms with Crippen molar-refractivity contribution in [3.05, 3.63) is 95.6 Å². The highest BCUT2D eigenvalue weighted by Gasteiger charge is 2.16. The van der Waals surface area contributed by atoms with E-state index < -0.39 is 0 Å². The Kier molecular flexibility index (Phi) is 7.10. The van der Waals surface area contributed by atoms with E-state index in [1.54, 1.807) is 14.2 Å². The number of benzene rings is 3. The van der Waals surface area contributed by atoms with Crippen molar-refractivity contribution in [3.63, 3.8) is 0 Å². The predicted molar refractivity (Wildman–Crippen MR) is 115 cm³/mol. The van der Waals surface area contributed by atoms with Crippen molar-refractivity contribution in [2.45, 2.75) is 25.3 Å². The van der Waals surface area contributed by atoms with Crippen molar-refractivity contribution >= 4 is 0 Å². The molecule has 0 aromatic heterocycles. The van der Waals surface area contributed by atoms with Crippen LogP contribution in [0.2, 0.25) is 0 Å². The summed E-state index contributed by atoms with van der Waals surface area (Å²) in [4.78, 5) is 0. The highest BCUT2D eigenvalue weighted by molar-refractivity contribution is 5.42. The van der Waals surface area contributed by atoms with Crippen molar-refractivity contribution < 1.29 is 9.47 Å². The molecular formula is C25H29NO2. The molecule has 0 saturated carbocycles. The van der Waals surface area contributed by atoms with Gasteiger partial charge in [-0.2, -0.15) is 0 Å². The fraction of sp³-hybridized carbons (Fsp3) is 0.280. The third-order valence-corrected chi connectivity index (χ3v) is 5.19. The number of hydrogen-bond donors (Lipinski definition) is 1. The molecule has 28 heavy (non-hydrogen) atoms.